The Morgan fingerprint density at radius 2 is 1.96 bits per heavy atom. The van der Waals surface area contributed by atoms with Gasteiger partial charge in [0.05, 0.1) is 7.11 Å². The summed E-state index contributed by atoms with van der Waals surface area (Å²) in [5.74, 6) is -0.0346. The maximum atomic E-state index is 12.1. The van der Waals surface area contributed by atoms with Gasteiger partial charge < -0.3 is 14.7 Å². The summed E-state index contributed by atoms with van der Waals surface area (Å²) in [6, 6.07) is 7.43. The topological polar surface area (TPSA) is 66.8 Å². The first kappa shape index (κ1) is 17.3. The maximum absolute atomic E-state index is 12.1. The summed E-state index contributed by atoms with van der Waals surface area (Å²) >= 11 is 0. The Balaban J connectivity index is 1.64. The average molecular weight is 319 g/mol. The lowest BCUT2D eigenvalue weighted by atomic mass is 10.1. The van der Waals surface area contributed by atoms with Crippen LogP contribution in [0.15, 0.2) is 24.3 Å². The van der Waals surface area contributed by atoms with Gasteiger partial charge in [0.25, 0.3) is 0 Å². The quantitative estimate of drug-likeness (QED) is 0.748. The molecule has 5 heteroatoms. The normalized spacial score (nSPS) is 17.3. The van der Waals surface area contributed by atoms with Gasteiger partial charge in [-0.1, -0.05) is 18.6 Å². The van der Waals surface area contributed by atoms with Gasteiger partial charge >= 0.3 is 5.97 Å². The predicted octanol–water partition coefficient (Wildman–Crippen LogP) is 2.87. The third kappa shape index (κ3) is 4.98. The van der Waals surface area contributed by atoms with Gasteiger partial charge in [-0.15, -0.1) is 0 Å². The fraction of sp³-hybridized carbons (Fsp3) is 0.556. The standard InChI is InChI=1S/C18H25NO4/c1-23-15-11-9-14(10-12-15)6-3-2-4-8-17(20)19-13-5-7-16(19)18(21)22/h9-12,16H,2-8,13H2,1H3,(H,21,22)/t16-/m0/s1. The van der Waals surface area contributed by atoms with Crippen molar-refractivity contribution in [2.75, 3.05) is 13.7 Å². The summed E-state index contributed by atoms with van der Waals surface area (Å²) < 4.78 is 5.13. The number of carboxylic acids is 1. The number of methoxy groups -OCH3 is 1. The number of aryl methyl sites for hydroxylation is 1. The van der Waals surface area contributed by atoms with Crippen molar-refractivity contribution in [1.82, 2.24) is 4.90 Å². The number of carboxylic acid groups (broad SMARTS) is 1. The number of hydrogen-bond acceptors (Lipinski definition) is 3. The van der Waals surface area contributed by atoms with Crippen molar-refractivity contribution < 1.29 is 19.4 Å². The molecule has 1 aliphatic heterocycles. The molecular weight excluding hydrogens is 294 g/mol. The van der Waals surface area contributed by atoms with Gasteiger partial charge in [0.15, 0.2) is 0 Å². The second-order valence-corrected chi connectivity index (χ2v) is 5.99. The van der Waals surface area contributed by atoms with Crippen LogP contribution >= 0.6 is 0 Å². The molecule has 1 atom stereocenters. The van der Waals surface area contributed by atoms with Gasteiger partial charge in [-0.3, -0.25) is 4.79 Å². The second kappa shape index (κ2) is 8.56. The van der Waals surface area contributed by atoms with E-state index in [9.17, 15) is 9.59 Å². The highest BCUT2D eigenvalue weighted by Crippen LogP contribution is 2.20. The van der Waals surface area contributed by atoms with Gasteiger partial charge in [0.2, 0.25) is 5.91 Å². The van der Waals surface area contributed by atoms with Crippen LogP contribution in [-0.4, -0.2) is 41.6 Å². The second-order valence-electron chi connectivity index (χ2n) is 5.99. The van der Waals surface area contributed by atoms with E-state index in [2.05, 4.69) is 12.1 Å². The molecule has 126 valence electrons. The Morgan fingerprint density at radius 1 is 1.22 bits per heavy atom. The first-order chi connectivity index (χ1) is 11.1. The molecule has 0 unspecified atom stereocenters. The minimum Gasteiger partial charge on any atom is -0.497 e. The minimum absolute atomic E-state index is 0.0145. The van der Waals surface area contributed by atoms with Crippen molar-refractivity contribution in [1.29, 1.82) is 0 Å². The smallest absolute Gasteiger partial charge is 0.326 e. The molecule has 1 aromatic carbocycles. The summed E-state index contributed by atoms with van der Waals surface area (Å²) in [5.41, 5.74) is 1.27. The first-order valence-corrected chi connectivity index (χ1v) is 8.27. The van der Waals surface area contributed by atoms with Crippen molar-refractivity contribution in [3.05, 3.63) is 29.8 Å². The minimum atomic E-state index is -0.879. The lowest BCUT2D eigenvalue weighted by Gasteiger charge is -2.21. The van der Waals surface area contributed by atoms with Gasteiger partial charge in [0, 0.05) is 13.0 Å². The van der Waals surface area contributed by atoms with Crippen LogP contribution in [0.3, 0.4) is 0 Å². The highest BCUT2D eigenvalue weighted by molar-refractivity contribution is 5.84. The molecule has 2 rings (SSSR count). The van der Waals surface area contributed by atoms with Crippen molar-refractivity contribution in [3.63, 3.8) is 0 Å². The number of likely N-dealkylation sites (tertiary alicyclic amines) is 1. The molecule has 0 spiro atoms. The van der Waals surface area contributed by atoms with E-state index in [4.69, 9.17) is 9.84 Å². The average Bonchev–Trinajstić information content (AvgIpc) is 3.05. The largest absolute Gasteiger partial charge is 0.497 e. The van der Waals surface area contributed by atoms with Crippen molar-refractivity contribution in [2.45, 2.75) is 51.0 Å². The Morgan fingerprint density at radius 3 is 2.61 bits per heavy atom. The van der Waals surface area contributed by atoms with Crippen LogP contribution in [0.4, 0.5) is 0 Å². The fourth-order valence-corrected chi connectivity index (χ4v) is 3.04. The van der Waals surface area contributed by atoms with E-state index in [1.165, 1.54) is 10.5 Å². The highest BCUT2D eigenvalue weighted by Gasteiger charge is 2.33. The van der Waals surface area contributed by atoms with Crippen molar-refractivity contribution in [3.8, 4) is 5.75 Å². The number of carbonyl (C=O) groups excluding carboxylic acids is 1. The van der Waals surface area contributed by atoms with E-state index in [1.807, 2.05) is 12.1 Å². The lowest BCUT2D eigenvalue weighted by Crippen LogP contribution is -2.40. The Kier molecular flexibility index (Phi) is 6.44. The van der Waals surface area contributed by atoms with Crippen LogP contribution in [0.2, 0.25) is 0 Å². The van der Waals surface area contributed by atoms with Crippen LogP contribution in [0.1, 0.15) is 44.1 Å². The zero-order chi connectivity index (χ0) is 16.7. The van der Waals surface area contributed by atoms with E-state index >= 15 is 0 Å². The molecule has 1 heterocycles. The molecule has 0 bridgehead atoms. The number of rotatable bonds is 8. The predicted molar refractivity (Wildman–Crippen MR) is 87.5 cm³/mol. The Hall–Kier alpha value is -2.04. The SMILES string of the molecule is COc1ccc(CCCCCC(=O)N2CCC[C@H]2C(=O)O)cc1. The summed E-state index contributed by atoms with van der Waals surface area (Å²) in [5, 5.41) is 9.10. The molecule has 1 N–H and O–H groups in total. The molecule has 0 aliphatic carbocycles. The van der Waals surface area contributed by atoms with Crippen molar-refractivity contribution >= 4 is 11.9 Å². The molecule has 23 heavy (non-hydrogen) atoms. The van der Waals surface area contributed by atoms with E-state index in [-0.39, 0.29) is 5.91 Å². The summed E-state index contributed by atoms with van der Waals surface area (Å²) in [4.78, 5) is 24.7. The van der Waals surface area contributed by atoms with Gasteiger partial charge in [-0.25, -0.2) is 4.79 Å². The molecule has 0 radical (unpaired) electrons. The van der Waals surface area contributed by atoms with Crippen LogP contribution in [0, 0.1) is 0 Å². The van der Waals surface area contributed by atoms with E-state index in [1.54, 1.807) is 7.11 Å². The number of carbonyl (C=O) groups is 2. The van der Waals surface area contributed by atoms with E-state index < -0.39 is 12.0 Å². The number of unbranched alkanes of at least 4 members (excludes halogenated alkanes) is 2. The molecule has 5 nitrogen and oxygen atoms in total. The van der Waals surface area contributed by atoms with Crippen LogP contribution < -0.4 is 4.74 Å². The zero-order valence-corrected chi connectivity index (χ0v) is 13.7. The molecule has 1 aliphatic rings. The highest BCUT2D eigenvalue weighted by atomic mass is 16.5. The Bertz CT molecular complexity index is 526. The monoisotopic (exact) mass is 319 g/mol. The molecule has 0 aromatic heterocycles. The molecule has 1 saturated heterocycles. The number of benzene rings is 1. The lowest BCUT2D eigenvalue weighted by molar-refractivity contribution is -0.148. The first-order valence-electron chi connectivity index (χ1n) is 8.27. The zero-order valence-electron chi connectivity index (χ0n) is 13.7. The number of amides is 1. The van der Waals surface area contributed by atoms with Crippen LogP contribution in [-0.2, 0) is 16.0 Å². The van der Waals surface area contributed by atoms with Gasteiger partial charge in [0.1, 0.15) is 11.8 Å². The third-order valence-corrected chi connectivity index (χ3v) is 4.37. The third-order valence-electron chi connectivity index (χ3n) is 4.37. The number of ether oxygens (including phenoxy) is 1. The summed E-state index contributed by atoms with van der Waals surface area (Å²) in [6.45, 7) is 0.585. The molecule has 1 amide bonds. The van der Waals surface area contributed by atoms with E-state index in [0.717, 1.165) is 37.9 Å². The summed E-state index contributed by atoms with van der Waals surface area (Å²) in [7, 11) is 1.65. The molecular formula is C18H25NO4. The maximum Gasteiger partial charge on any atom is 0.326 e. The number of nitrogens with zero attached hydrogens (tertiary/aromatic N) is 1. The molecule has 1 aromatic rings. The molecule has 1 fully saturated rings. The van der Waals surface area contributed by atoms with E-state index in [0.29, 0.717) is 19.4 Å². The number of hydrogen-bond donors (Lipinski definition) is 1. The van der Waals surface area contributed by atoms with Gasteiger partial charge in [-0.05, 0) is 49.8 Å². The van der Waals surface area contributed by atoms with Crippen LogP contribution in [0.5, 0.6) is 5.75 Å². The number of aliphatic carboxylic acids is 1. The van der Waals surface area contributed by atoms with Gasteiger partial charge in [-0.2, -0.15) is 0 Å². The Labute approximate surface area is 137 Å². The summed E-state index contributed by atoms with van der Waals surface area (Å²) in [6.07, 6.45) is 5.63. The fourth-order valence-electron chi connectivity index (χ4n) is 3.04. The molecule has 0 saturated carbocycles. The van der Waals surface area contributed by atoms with Crippen molar-refractivity contribution in [2.24, 2.45) is 0 Å². The van der Waals surface area contributed by atoms with Crippen LogP contribution in [0.25, 0.3) is 0 Å².